The van der Waals surface area contributed by atoms with Gasteiger partial charge in [-0.15, -0.1) is 5.10 Å². The van der Waals surface area contributed by atoms with E-state index < -0.39 is 5.76 Å². The number of nitrogens with one attached hydrogen (secondary N) is 2. The van der Waals surface area contributed by atoms with Gasteiger partial charge < -0.3 is 5.32 Å². The van der Waals surface area contributed by atoms with Gasteiger partial charge in [0.05, 0.1) is 5.75 Å². The zero-order valence-electron chi connectivity index (χ0n) is 12.8. The predicted molar refractivity (Wildman–Crippen MR) is 90.8 cm³/mol. The maximum absolute atomic E-state index is 12.2. The molecule has 1 aromatic carbocycles. The molecule has 0 saturated heterocycles. The highest BCUT2D eigenvalue weighted by Crippen LogP contribution is 2.26. The van der Waals surface area contributed by atoms with Crippen molar-refractivity contribution in [1.82, 2.24) is 14.8 Å². The molecule has 2 N–H and O–H groups in total. The summed E-state index contributed by atoms with van der Waals surface area (Å²) < 4.78 is 26.0. The molecular formula is C14H16F2N4O2S2. The molecule has 1 aromatic heterocycles. The Bertz CT molecular complexity index is 731. The van der Waals surface area contributed by atoms with Gasteiger partial charge >= 0.3 is 5.69 Å². The summed E-state index contributed by atoms with van der Waals surface area (Å²) in [6, 6.07) is 6.17. The van der Waals surface area contributed by atoms with Crippen LogP contribution in [0.2, 0.25) is 0 Å². The number of H-pyrrole nitrogens is 1. The Labute approximate surface area is 145 Å². The molecule has 0 aliphatic rings. The molecule has 0 unspecified atom stereocenters. The second-order valence-electron chi connectivity index (χ2n) is 4.70. The van der Waals surface area contributed by atoms with Gasteiger partial charge in [-0.25, -0.2) is 9.89 Å². The minimum absolute atomic E-state index is 0.0849. The van der Waals surface area contributed by atoms with Gasteiger partial charge in [-0.05, 0) is 30.7 Å². The number of aromatic nitrogens is 3. The molecule has 24 heavy (non-hydrogen) atoms. The Kier molecular flexibility index (Phi) is 6.85. The van der Waals surface area contributed by atoms with Crippen molar-refractivity contribution in [1.29, 1.82) is 0 Å². The highest BCUT2D eigenvalue weighted by atomic mass is 32.2. The van der Waals surface area contributed by atoms with E-state index in [1.54, 1.807) is 12.1 Å². The van der Waals surface area contributed by atoms with E-state index in [0.717, 1.165) is 18.2 Å². The maximum Gasteiger partial charge on any atom is 0.343 e. The van der Waals surface area contributed by atoms with Crippen molar-refractivity contribution in [3.05, 3.63) is 34.7 Å². The molecule has 1 heterocycles. The third kappa shape index (κ3) is 5.38. The fourth-order valence-electron chi connectivity index (χ4n) is 1.88. The van der Waals surface area contributed by atoms with Crippen LogP contribution in [-0.2, 0) is 11.3 Å². The van der Waals surface area contributed by atoms with E-state index in [2.05, 4.69) is 15.5 Å². The number of hydrogen-bond donors (Lipinski definition) is 2. The van der Waals surface area contributed by atoms with Crippen molar-refractivity contribution in [2.45, 2.75) is 35.7 Å². The molecule has 0 aliphatic heterocycles. The predicted octanol–water partition coefficient (Wildman–Crippen LogP) is 3.03. The smallest absolute Gasteiger partial charge is 0.325 e. The Morgan fingerprint density at radius 2 is 2.08 bits per heavy atom. The summed E-state index contributed by atoms with van der Waals surface area (Å²) in [7, 11) is 0. The molecular weight excluding hydrogens is 358 g/mol. The number of halogens is 2. The van der Waals surface area contributed by atoms with Crippen LogP contribution < -0.4 is 11.0 Å². The minimum atomic E-state index is -2.48. The quantitative estimate of drug-likeness (QED) is 0.695. The van der Waals surface area contributed by atoms with Gasteiger partial charge in [0.1, 0.15) is 0 Å². The minimum Gasteiger partial charge on any atom is -0.325 e. The fourth-order valence-corrected chi connectivity index (χ4v) is 3.15. The Balaban J connectivity index is 1.88. The van der Waals surface area contributed by atoms with E-state index in [-0.39, 0.29) is 17.3 Å². The maximum atomic E-state index is 12.2. The molecule has 0 atom stereocenters. The van der Waals surface area contributed by atoms with E-state index in [1.165, 1.54) is 16.7 Å². The normalized spacial score (nSPS) is 11.0. The lowest BCUT2D eigenvalue weighted by molar-refractivity contribution is -0.113. The molecule has 10 heteroatoms. The lowest BCUT2D eigenvalue weighted by Crippen LogP contribution is -2.18. The average Bonchev–Trinajstić information content (AvgIpc) is 2.88. The number of anilines is 1. The number of aromatic amines is 1. The molecule has 1 amide bonds. The van der Waals surface area contributed by atoms with Crippen molar-refractivity contribution in [2.24, 2.45) is 0 Å². The van der Waals surface area contributed by atoms with Crippen molar-refractivity contribution < 1.29 is 13.6 Å². The zero-order valence-corrected chi connectivity index (χ0v) is 14.4. The van der Waals surface area contributed by atoms with E-state index in [0.29, 0.717) is 34.0 Å². The summed E-state index contributed by atoms with van der Waals surface area (Å²) in [5.74, 6) is -2.66. The molecule has 0 fully saturated rings. The first-order valence-corrected chi connectivity index (χ1v) is 8.99. The van der Waals surface area contributed by atoms with Crippen molar-refractivity contribution in [3.8, 4) is 0 Å². The third-order valence-electron chi connectivity index (χ3n) is 2.87. The molecule has 2 rings (SSSR count). The number of alkyl halides is 2. The van der Waals surface area contributed by atoms with Crippen LogP contribution in [0, 0.1) is 0 Å². The average molecular weight is 374 g/mol. The molecule has 2 aromatic rings. The van der Waals surface area contributed by atoms with Crippen molar-refractivity contribution >= 4 is 35.1 Å². The van der Waals surface area contributed by atoms with Crippen LogP contribution in [0.4, 0.5) is 14.5 Å². The fraction of sp³-hybridized carbons (Fsp3) is 0.357. The standard InChI is InChI=1S/C14H16F2N4O2S2/c1-2-7-20-13(22)18-19-14(20)23-8-11(21)17-9-3-5-10(6-4-9)24-12(15)16/h3-6,12H,2,7-8H2,1H3,(H,17,21)(H,18,22). The number of amides is 1. The molecule has 6 nitrogen and oxygen atoms in total. The number of hydrogen-bond acceptors (Lipinski definition) is 5. The van der Waals surface area contributed by atoms with Crippen LogP contribution in [0.3, 0.4) is 0 Å². The molecule has 0 bridgehead atoms. The number of rotatable bonds is 8. The Morgan fingerprint density at radius 3 is 2.71 bits per heavy atom. The van der Waals surface area contributed by atoms with Gasteiger partial charge in [0.15, 0.2) is 5.16 Å². The number of carbonyl (C=O) groups excluding carboxylic acids is 1. The Morgan fingerprint density at radius 1 is 1.38 bits per heavy atom. The number of nitrogens with zero attached hydrogens (tertiary/aromatic N) is 2. The molecule has 0 radical (unpaired) electrons. The third-order valence-corrected chi connectivity index (χ3v) is 4.56. The summed E-state index contributed by atoms with van der Waals surface area (Å²) in [4.78, 5) is 23.9. The topological polar surface area (TPSA) is 79.8 Å². The molecule has 0 aliphatic carbocycles. The first-order chi connectivity index (χ1) is 11.5. The van der Waals surface area contributed by atoms with Crippen molar-refractivity contribution in [3.63, 3.8) is 0 Å². The summed E-state index contributed by atoms with van der Waals surface area (Å²) in [5.41, 5.74) is 0.221. The molecule has 0 spiro atoms. The largest absolute Gasteiger partial charge is 0.343 e. The first kappa shape index (κ1) is 18.5. The Hall–Kier alpha value is -1.81. The van der Waals surface area contributed by atoms with Crippen LogP contribution in [0.25, 0.3) is 0 Å². The van der Waals surface area contributed by atoms with E-state index in [4.69, 9.17) is 0 Å². The van der Waals surface area contributed by atoms with Gasteiger partial charge in [0, 0.05) is 17.1 Å². The van der Waals surface area contributed by atoms with Gasteiger partial charge in [-0.2, -0.15) is 8.78 Å². The van der Waals surface area contributed by atoms with Gasteiger partial charge in [-0.1, -0.05) is 30.4 Å². The van der Waals surface area contributed by atoms with E-state index in [9.17, 15) is 18.4 Å². The SMILES string of the molecule is CCCn1c(SCC(=O)Nc2ccc(SC(F)F)cc2)n[nH]c1=O. The number of benzene rings is 1. The van der Waals surface area contributed by atoms with Crippen LogP contribution >= 0.6 is 23.5 Å². The highest BCUT2D eigenvalue weighted by Gasteiger charge is 2.11. The summed E-state index contributed by atoms with van der Waals surface area (Å²) in [6.07, 6.45) is 0.780. The second-order valence-corrected chi connectivity index (χ2v) is 6.71. The van der Waals surface area contributed by atoms with E-state index >= 15 is 0 Å². The van der Waals surface area contributed by atoms with E-state index in [1.807, 2.05) is 6.92 Å². The summed E-state index contributed by atoms with van der Waals surface area (Å²) in [6.45, 7) is 2.47. The van der Waals surface area contributed by atoms with Gasteiger partial charge in [-0.3, -0.25) is 9.36 Å². The number of thioether (sulfide) groups is 2. The molecule has 130 valence electrons. The van der Waals surface area contributed by atoms with Crippen LogP contribution in [-0.4, -0.2) is 32.2 Å². The van der Waals surface area contributed by atoms with Crippen LogP contribution in [0.1, 0.15) is 13.3 Å². The molecule has 0 saturated carbocycles. The first-order valence-electron chi connectivity index (χ1n) is 7.12. The monoisotopic (exact) mass is 374 g/mol. The lowest BCUT2D eigenvalue weighted by Gasteiger charge is -2.07. The van der Waals surface area contributed by atoms with Crippen LogP contribution in [0.5, 0.6) is 0 Å². The summed E-state index contributed by atoms with van der Waals surface area (Å²) >= 11 is 1.60. The van der Waals surface area contributed by atoms with Crippen molar-refractivity contribution in [2.75, 3.05) is 11.1 Å². The second kappa shape index (κ2) is 8.88. The highest BCUT2D eigenvalue weighted by molar-refractivity contribution is 8.00. The summed E-state index contributed by atoms with van der Waals surface area (Å²) in [5, 5.41) is 9.37. The van der Waals surface area contributed by atoms with Gasteiger partial charge in [0.25, 0.3) is 5.76 Å². The lowest BCUT2D eigenvalue weighted by atomic mass is 10.3. The number of carbonyl (C=O) groups is 1. The van der Waals surface area contributed by atoms with Crippen LogP contribution in [0.15, 0.2) is 39.1 Å². The zero-order chi connectivity index (χ0) is 17.5. The van der Waals surface area contributed by atoms with Gasteiger partial charge in [0.2, 0.25) is 5.91 Å².